The predicted octanol–water partition coefficient (Wildman–Crippen LogP) is 3.58. The Morgan fingerprint density at radius 1 is 1.27 bits per heavy atom. The fraction of sp³-hybridized carbons (Fsp3) is 0.176. The molecule has 0 aliphatic heterocycles. The lowest BCUT2D eigenvalue weighted by molar-refractivity contribution is 0.211. The van der Waals surface area contributed by atoms with Crippen molar-refractivity contribution in [1.82, 2.24) is 9.38 Å². The van der Waals surface area contributed by atoms with E-state index in [1.165, 1.54) is 5.56 Å². The summed E-state index contributed by atoms with van der Waals surface area (Å²) >= 11 is 0. The van der Waals surface area contributed by atoms with Crippen LogP contribution >= 0.6 is 0 Å². The van der Waals surface area contributed by atoms with Crippen molar-refractivity contribution in [1.29, 1.82) is 0 Å². The number of imidazole rings is 1. The molecule has 2 N–H and O–H groups in total. The van der Waals surface area contributed by atoms with Gasteiger partial charge in [0, 0.05) is 18.0 Å². The van der Waals surface area contributed by atoms with Gasteiger partial charge in [0.2, 0.25) is 0 Å². The highest BCUT2D eigenvalue weighted by atomic mass is 16.5. The Hall–Kier alpha value is -2.82. The van der Waals surface area contributed by atoms with Crippen LogP contribution < -0.4 is 10.5 Å². The Labute approximate surface area is 128 Å². The van der Waals surface area contributed by atoms with Gasteiger partial charge in [-0.1, -0.05) is 32.0 Å². The Morgan fingerprint density at radius 2 is 2.09 bits per heavy atom. The predicted molar refractivity (Wildman–Crippen MR) is 84.9 cm³/mol. The van der Waals surface area contributed by atoms with E-state index in [9.17, 15) is 4.79 Å². The topological polar surface area (TPSA) is 69.6 Å². The smallest absolute Gasteiger partial charge is 0.406 e. The van der Waals surface area contributed by atoms with Gasteiger partial charge < -0.3 is 14.9 Å². The van der Waals surface area contributed by atoms with Crippen LogP contribution in [-0.4, -0.2) is 15.5 Å². The molecule has 0 aliphatic rings. The summed E-state index contributed by atoms with van der Waals surface area (Å²) in [6.45, 7) is 4.31. The SMILES string of the molecule is CC(C)c1cccc(-c2cn3cccc(OC(N)=O)c3n2)c1. The fourth-order valence-electron chi connectivity index (χ4n) is 2.37. The molecule has 1 aromatic carbocycles. The number of benzene rings is 1. The van der Waals surface area contributed by atoms with Crippen LogP contribution in [0.5, 0.6) is 5.75 Å². The molecule has 0 radical (unpaired) electrons. The molecule has 0 bridgehead atoms. The van der Waals surface area contributed by atoms with Crippen LogP contribution in [0.1, 0.15) is 25.3 Å². The Balaban J connectivity index is 2.09. The zero-order valence-electron chi connectivity index (χ0n) is 12.5. The summed E-state index contributed by atoms with van der Waals surface area (Å²) in [5, 5.41) is 0. The van der Waals surface area contributed by atoms with E-state index < -0.39 is 6.09 Å². The first-order valence-electron chi connectivity index (χ1n) is 7.10. The molecular formula is C17H17N3O2. The Morgan fingerprint density at radius 3 is 2.82 bits per heavy atom. The summed E-state index contributed by atoms with van der Waals surface area (Å²) in [6, 6.07) is 11.7. The second-order valence-corrected chi connectivity index (χ2v) is 5.43. The van der Waals surface area contributed by atoms with Gasteiger partial charge in [-0.05, 0) is 29.7 Å². The van der Waals surface area contributed by atoms with Gasteiger partial charge >= 0.3 is 6.09 Å². The lowest BCUT2D eigenvalue weighted by atomic mass is 10.00. The maximum absolute atomic E-state index is 11.0. The third-order valence-corrected chi connectivity index (χ3v) is 3.51. The zero-order valence-corrected chi connectivity index (χ0v) is 12.5. The second-order valence-electron chi connectivity index (χ2n) is 5.43. The Kier molecular flexibility index (Phi) is 3.55. The number of rotatable bonds is 3. The number of aromatic nitrogens is 2. The number of nitrogens with zero attached hydrogens (tertiary/aromatic N) is 2. The van der Waals surface area contributed by atoms with Crippen LogP contribution in [0.3, 0.4) is 0 Å². The molecule has 0 saturated carbocycles. The normalized spacial score (nSPS) is 11.0. The van der Waals surface area contributed by atoms with E-state index >= 15 is 0 Å². The quantitative estimate of drug-likeness (QED) is 0.803. The minimum atomic E-state index is -0.848. The second kappa shape index (κ2) is 5.52. The average molecular weight is 295 g/mol. The lowest BCUT2D eigenvalue weighted by Crippen LogP contribution is -2.16. The summed E-state index contributed by atoms with van der Waals surface area (Å²) in [5.74, 6) is 0.798. The summed E-state index contributed by atoms with van der Waals surface area (Å²) in [7, 11) is 0. The molecule has 22 heavy (non-hydrogen) atoms. The highest BCUT2D eigenvalue weighted by Gasteiger charge is 2.11. The van der Waals surface area contributed by atoms with Crippen LogP contribution in [0.15, 0.2) is 48.8 Å². The molecule has 3 aromatic rings. The molecule has 0 atom stereocenters. The molecule has 112 valence electrons. The fourth-order valence-corrected chi connectivity index (χ4v) is 2.37. The maximum atomic E-state index is 11.0. The number of amides is 1. The monoisotopic (exact) mass is 295 g/mol. The van der Waals surface area contributed by atoms with Gasteiger partial charge in [-0.2, -0.15) is 0 Å². The van der Waals surface area contributed by atoms with Crippen molar-refractivity contribution in [3.05, 3.63) is 54.4 Å². The minimum Gasteiger partial charge on any atom is -0.406 e. The van der Waals surface area contributed by atoms with Crippen molar-refractivity contribution >= 4 is 11.7 Å². The van der Waals surface area contributed by atoms with Gasteiger partial charge in [0.05, 0.1) is 5.69 Å². The van der Waals surface area contributed by atoms with Gasteiger partial charge in [0.25, 0.3) is 0 Å². The number of fused-ring (bicyclic) bond motifs is 1. The largest absolute Gasteiger partial charge is 0.410 e. The number of pyridine rings is 1. The van der Waals surface area contributed by atoms with E-state index in [0.717, 1.165) is 11.3 Å². The van der Waals surface area contributed by atoms with Crippen molar-refractivity contribution in [3.8, 4) is 17.0 Å². The van der Waals surface area contributed by atoms with Crippen molar-refractivity contribution in [2.24, 2.45) is 5.73 Å². The van der Waals surface area contributed by atoms with Gasteiger partial charge in [0.1, 0.15) is 0 Å². The van der Waals surface area contributed by atoms with Crippen molar-refractivity contribution in [2.45, 2.75) is 19.8 Å². The van der Waals surface area contributed by atoms with Crippen LogP contribution in [0.4, 0.5) is 4.79 Å². The lowest BCUT2D eigenvalue weighted by Gasteiger charge is -2.06. The number of nitrogens with two attached hydrogens (primary N) is 1. The van der Waals surface area contributed by atoms with Crippen LogP contribution in [0.2, 0.25) is 0 Å². The molecule has 2 aromatic heterocycles. The minimum absolute atomic E-state index is 0.348. The molecule has 1 amide bonds. The molecule has 5 heteroatoms. The van der Waals surface area contributed by atoms with E-state index in [1.807, 2.05) is 28.9 Å². The first kappa shape index (κ1) is 14.1. The van der Waals surface area contributed by atoms with Crippen LogP contribution in [-0.2, 0) is 0 Å². The summed E-state index contributed by atoms with van der Waals surface area (Å²) in [6.07, 6.45) is 2.91. The van der Waals surface area contributed by atoms with E-state index in [2.05, 4.69) is 31.0 Å². The highest BCUT2D eigenvalue weighted by Crippen LogP contribution is 2.26. The number of primary amides is 1. The summed E-state index contributed by atoms with van der Waals surface area (Å²) in [4.78, 5) is 15.5. The maximum Gasteiger partial charge on any atom is 0.410 e. The first-order valence-corrected chi connectivity index (χ1v) is 7.10. The molecule has 0 fully saturated rings. The average Bonchev–Trinajstić information content (AvgIpc) is 2.92. The molecule has 3 rings (SSSR count). The standard InChI is InChI=1S/C17H17N3O2/c1-11(2)12-5-3-6-13(9-12)14-10-20-8-4-7-15(16(20)19-14)22-17(18)21/h3-11H,1-2H3,(H2,18,21). The number of hydrogen-bond donors (Lipinski definition) is 1. The molecule has 2 heterocycles. The van der Waals surface area contributed by atoms with Gasteiger partial charge in [-0.15, -0.1) is 0 Å². The Bertz CT molecular complexity index is 837. The van der Waals surface area contributed by atoms with Crippen molar-refractivity contribution in [2.75, 3.05) is 0 Å². The van der Waals surface area contributed by atoms with Crippen LogP contribution in [0.25, 0.3) is 16.9 Å². The third kappa shape index (κ3) is 2.65. The summed E-state index contributed by atoms with van der Waals surface area (Å²) in [5.41, 5.74) is 8.75. The van der Waals surface area contributed by atoms with E-state index in [0.29, 0.717) is 17.3 Å². The number of carbonyl (C=O) groups is 1. The first-order chi connectivity index (χ1) is 10.5. The van der Waals surface area contributed by atoms with Gasteiger partial charge in [-0.25, -0.2) is 9.78 Å². The van der Waals surface area contributed by atoms with Crippen molar-refractivity contribution < 1.29 is 9.53 Å². The summed E-state index contributed by atoms with van der Waals surface area (Å²) < 4.78 is 6.81. The molecule has 0 aliphatic carbocycles. The van der Waals surface area contributed by atoms with Crippen LogP contribution in [0, 0.1) is 0 Å². The highest BCUT2D eigenvalue weighted by molar-refractivity contribution is 5.73. The van der Waals surface area contributed by atoms with E-state index in [-0.39, 0.29) is 0 Å². The third-order valence-electron chi connectivity index (χ3n) is 3.51. The number of ether oxygens (including phenoxy) is 1. The van der Waals surface area contributed by atoms with E-state index in [1.54, 1.807) is 12.1 Å². The van der Waals surface area contributed by atoms with Gasteiger partial charge in [-0.3, -0.25) is 0 Å². The number of carbonyl (C=O) groups excluding carboxylic acids is 1. The molecule has 0 saturated heterocycles. The zero-order chi connectivity index (χ0) is 15.7. The van der Waals surface area contributed by atoms with E-state index in [4.69, 9.17) is 10.5 Å². The molecular weight excluding hydrogens is 278 g/mol. The molecule has 0 unspecified atom stereocenters. The molecule has 5 nitrogen and oxygen atoms in total. The molecule has 0 spiro atoms. The van der Waals surface area contributed by atoms with Crippen molar-refractivity contribution in [3.63, 3.8) is 0 Å². The number of hydrogen-bond acceptors (Lipinski definition) is 3. The van der Waals surface area contributed by atoms with Gasteiger partial charge in [0.15, 0.2) is 11.4 Å².